The summed E-state index contributed by atoms with van der Waals surface area (Å²) in [5.41, 5.74) is 4.93. The zero-order valence-electron chi connectivity index (χ0n) is 17.4. The van der Waals surface area contributed by atoms with Crippen molar-refractivity contribution >= 4 is 23.0 Å². The number of hydrogen-bond donors (Lipinski definition) is 0. The lowest BCUT2D eigenvalue weighted by atomic mass is 10.0. The molecule has 156 valence electrons. The van der Waals surface area contributed by atoms with E-state index in [1.807, 2.05) is 24.3 Å². The summed E-state index contributed by atoms with van der Waals surface area (Å²) >= 11 is 0. The highest BCUT2D eigenvalue weighted by Crippen LogP contribution is 2.35. The number of aromatic nitrogens is 1. The molecule has 1 fully saturated rings. The second kappa shape index (κ2) is 8.69. The first kappa shape index (κ1) is 20.1. The third kappa shape index (κ3) is 4.22. The maximum Gasteiger partial charge on any atom is 0.306 e. The van der Waals surface area contributed by atoms with E-state index in [2.05, 4.69) is 25.1 Å². The Balaban J connectivity index is 1.53. The number of nitrogens with zero attached hydrogens (tertiary/aromatic N) is 2. The summed E-state index contributed by atoms with van der Waals surface area (Å²) in [7, 11) is 0. The predicted molar refractivity (Wildman–Crippen MR) is 114 cm³/mol. The zero-order valence-corrected chi connectivity index (χ0v) is 17.4. The van der Waals surface area contributed by atoms with Crippen LogP contribution in [0.1, 0.15) is 50.1 Å². The van der Waals surface area contributed by atoms with Crippen molar-refractivity contribution in [2.24, 2.45) is 0 Å². The van der Waals surface area contributed by atoms with Crippen LogP contribution < -0.4 is 0 Å². The van der Waals surface area contributed by atoms with Crippen LogP contribution in [0, 0.1) is 6.92 Å². The fourth-order valence-corrected chi connectivity index (χ4v) is 4.00. The van der Waals surface area contributed by atoms with Crippen molar-refractivity contribution in [3.63, 3.8) is 0 Å². The minimum absolute atomic E-state index is 0.0618. The van der Waals surface area contributed by atoms with Crippen LogP contribution in [0.2, 0.25) is 0 Å². The van der Waals surface area contributed by atoms with Crippen molar-refractivity contribution in [2.45, 2.75) is 45.6 Å². The largest absolute Gasteiger partial charge is 0.466 e. The van der Waals surface area contributed by atoms with Crippen LogP contribution in [0.3, 0.4) is 0 Å². The van der Waals surface area contributed by atoms with E-state index in [4.69, 9.17) is 14.1 Å². The second-order valence-electron chi connectivity index (χ2n) is 7.65. The van der Waals surface area contributed by atoms with Crippen molar-refractivity contribution in [2.75, 3.05) is 13.2 Å². The van der Waals surface area contributed by atoms with E-state index in [9.17, 15) is 9.59 Å². The van der Waals surface area contributed by atoms with Crippen molar-refractivity contribution in [3.05, 3.63) is 53.9 Å². The number of carbonyl (C=O) groups excluding carboxylic acids is 2. The van der Waals surface area contributed by atoms with Crippen molar-refractivity contribution in [3.8, 4) is 11.1 Å². The Morgan fingerprint density at radius 1 is 1.17 bits per heavy atom. The zero-order chi connectivity index (χ0) is 21.1. The van der Waals surface area contributed by atoms with E-state index < -0.39 is 0 Å². The molecule has 0 saturated carbocycles. The lowest BCUT2D eigenvalue weighted by molar-refractivity contribution is -0.146. The van der Waals surface area contributed by atoms with Gasteiger partial charge in [0.25, 0.3) is 0 Å². The Hall–Kier alpha value is -3.15. The van der Waals surface area contributed by atoms with Gasteiger partial charge in [-0.2, -0.15) is 0 Å². The lowest BCUT2D eigenvalue weighted by Crippen LogP contribution is -2.31. The third-order valence-corrected chi connectivity index (χ3v) is 5.46. The molecule has 4 rings (SSSR count). The van der Waals surface area contributed by atoms with E-state index >= 15 is 0 Å². The van der Waals surface area contributed by atoms with Crippen LogP contribution in [-0.4, -0.2) is 34.9 Å². The summed E-state index contributed by atoms with van der Waals surface area (Å²) in [5.74, 6) is 0.161. The summed E-state index contributed by atoms with van der Waals surface area (Å²) in [6.45, 7) is 4.81. The molecular weight excluding hydrogens is 380 g/mol. The number of benzene rings is 2. The standard InChI is InChI=1S/C24H26N2O4/c1-3-29-23(28)12-11-22(27)26-13-5-8-20(26)24-25-19-15-18(9-10-21(19)30-24)17-7-4-6-16(2)14-17/h4,6-7,9-10,14-15,20H,3,5,8,11-13H2,1-2H3/t20-/m0/s1. The number of rotatable bonds is 6. The van der Waals surface area contributed by atoms with Gasteiger partial charge in [-0.15, -0.1) is 0 Å². The summed E-state index contributed by atoms with van der Waals surface area (Å²) in [5, 5.41) is 0. The quantitative estimate of drug-likeness (QED) is 0.549. The average Bonchev–Trinajstić information content (AvgIpc) is 3.38. The van der Waals surface area contributed by atoms with Crippen LogP contribution in [0.4, 0.5) is 0 Å². The molecule has 0 radical (unpaired) electrons. The number of hydrogen-bond acceptors (Lipinski definition) is 5. The van der Waals surface area contributed by atoms with Gasteiger partial charge in [-0.05, 0) is 49.9 Å². The Kier molecular flexibility index (Phi) is 5.84. The molecule has 1 saturated heterocycles. The van der Waals surface area contributed by atoms with E-state index in [0.717, 1.165) is 29.5 Å². The highest BCUT2D eigenvalue weighted by Gasteiger charge is 2.33. The maximum absolute atomic E-state index is 12.7. The number of fused-ring (bicyclic) bond motifs is 1. The SMILES string of the molecule is CCOC(=O)CCC(=O)N1CCC[C@H]1c1nc2cc(-c3cccc(C)c3)ccc2o1. The van der Waals surface area contributed by atoms with Gasteiger partial charge >= 0.3 is 5.97 Å². The van der Waals surface area contributed by atoms with Crippen LogP contribution in [0.5, 0.6) is 0 Å². The highest BCUT2D eigenvalue weighted by atomic mass is 16.5. The smallest absolute Gasteiger partial charge is 0.306 e. The molecule has 2 heterocycles. The first-order valence-electron chi connectivity index (χ1n) is 10.5. The Morgan fingerprint density at radius 3 is 2.80 bits per heavy atom. The van der Waals surface area contributed by atoms with Crippen LogP contribution in [-0.2, 0) is 14.3 Å². The van der Waals surface area contributed by atoms with Gasteiger partial charge in [0, 0.05) is 13.0 Å². The summed E-state index contributed by atoms with van der Waals surface area (Å²) in [4.78, 5) is 30.7. The molecule has 6 heteroatoms. The van der Waals surface area contributed by atoms with Gasteiger partial charge in [0.05, 0.1) is 13.0 Å². The van der Waals surface area contributed by atoms with E-state index in [1.165, 1.54) is 5.56 Å². The molecular formula is C24H26N2O4. The summed E-state index contributed by atoms with van der Waals surface area (Å²) in [6.07, 6.45) is 1.95. The number of aryl methyl sites for hydroxylation is 1. The number of amides is 1. The normalized spacial score (nSPS) is 16.2. The molecule has 1 amide bonds. The number of likely N-dealkylation sites (tertiary alicyclic amines) is 1. The molecule has 6 nitrogen and oxygen atoms in total. The summed E-state index contributed by atoms with van der Waals surface area (Å²) < 4.78 is 10.9. The number of oxazole rings is 1. The maximum atomic E-state index is 12.7. The van der Waals surface area contributed by atoms with Gasteiger partial charge in [0.2, 0.25) is 11.8 Å². The first-order valence-corrected chi connectivity index (χ1v) is 10.5. The first-order chi connectivity index (χ1) is 14.5. The topological polar surface area (TPSA) is 72.6 Å². The highest BCUT2D eigenvalue weighted by molar-refractivity contribution is 5.83. The van der Waals surface area contributed by atoms with Gasteiger partial charge in [0.1, 0.15) is 11.6 Å². The molecule has 0 aliphatic carbocycles. The van der Waals surface area contributed by atoms with Crippen molar-refractivity contribution in [1.82, 2.24) is 9.88 Å². The van der Waals surface area contributed by atoms with Crippen molar-refractivity contribution in [1.29, 1.82) is 0 Å². The minimum atomic E-state index is -0.341. The number of ether oxygens (including phenoxy) is 1. The van der Waals surface area contributed by atoms with E-state index in [0.29, 0.717) is 24.6 Å². The minimum Gasteiger partial charge on any atom is -0.466 e. The second-order valence-corrected chi connectivity index (χ2v) is 7.65. The number of esters is 1. The number of carbonyl (C=O) groups is 2. The molecule has 0 bridgehead atoms. The molecule has 0 unspecified atom stereocenters. The Morgan fingerprint density at radius 2 is 2.00 bits per heavy atom. The van der Waals surface area contributed by atoms with Gasteiger partial charge < -0.3 is 14.1 Å². The summed E-state index contributed by atoms with van der Waals surface area (Å²) in [6, 6.07) is 14.1. The van der Waals surface area contributed by atoms with Gasteiger partial charge in [0.15, 0.2) is 5.58 Å². The molecule has 1 atom stereocenters. The van der Waals surface area contributed by atoms with Crippen LogP contribution in [0.15, 0.2) is 46.9 Å². The molecule has 30 heavy (non-hydrogen) atoms. The lowest BCUT2D eigenvalue weighted by Gasteiger charge is -2.22. The average molecular weight is 406 g/mol. The molecule has 0 spiro atoms. The fraction of sp³-hybridized carbons (Fsp3) is 0.375. The van der Waals surface area contributed by atoms with Crippen LogP contribution in [0.25, 0.3) is 22.2 Å². The molecule has 3 aromatic rings. The predicted octanol–water partition coefficient (Wildman–Crippen LogP) is 4.81. The Labute approximate surface area is 175 Å². The fourth-order valence-electron chi connectivity index (χ4n) is 4.00. The molecule has 1 aromatic heterocycles. The molecule has 0 N–H and O–H groups in total. The molecule has 2 aromatic carbocycles. The van der Waals surface area contributed by atoms with Gasteiger partial charge in [-0.25, -0.2) is 4.98 Å². The third-order valence-electron chi connectivity index (χ3n) is 5.46. The van der Waals surface area contributed by atoms with Gasteiger partial charge in [-0.3, -0.25) is 9.59 Å². The van der Waals surface area contributed by atoms with Crippen molar-refractivity contribution < 1.29 is 18.7 Å². The van der Waals surface area contributed by atoms with E-state index in [-0.39, 0.29) is 30.8 Å². The van der Waals surface area contributed by atoms with Gasteiger partial charge in [-0.1, -0.05) is 35.9 Å². The van der Waals surface area contributed by atoms with E-state index in [1.54, 1.807) is 11.8 Å². The van der Waals surface area contributed by atoms with Crippen LogP contribution >= 0.6 is 0 Å². The molecule has 1 aliphatic heterocycles. The Bertz CT molecular complexity index is 1070. The molecule has 1 aliphatic rings. The monoisotopic (exact) mass is 406 g/mol.